The number of ether oxygens (including phenoxy) is 1. The van der Waals surface area contributed by atoms with Gasteiger partial charge in [-0.1, -0.05) is 30.3 Å². The Morgan fingerprint density at radius 2 is 1.93 bits per heavy atom. The highest BCUT2D eigenvalue weighted by Crippen LogP contribution is 2.29. The number of likely N-dealkylation sites (tertiary alicyclic amines) is 1. The molecule has 1 unspecified atom stereocenters. The van der Waals surface area contributed by atoms with Crippen LogP contribution >= 0.6 is 11.3 Å². The van der Waals surface area contributed by atoms with Gasteiger partial charge in [0.25, 0.3) is 5.91 Å². The summed E-state index contributed by atoms with van der Waals surface area (Å²) in [4.78, 5) is 30.0. The monoisotopic (exact) mass is 422 g/mol. The lowest BCUT2D eigenvalue weighted by molar-refractivity contribution is -0.134. The maximum atomic E-state index is 13.3. The van der Waals surface area contributed by atoms with Crippen molar-refractivity contribution < 1.29 is 14.3 Å². The Morgan fingerprint density at radius 1 is 1.17 bits per heavy atom. The molecule has 0 N–H and O–H groups in total. The van der Waals surface area contributed by atoms with E-state index in [1.165, 1.54) is 10.1 Å². The van der Waals surface area contributed by atoms with Gasteiger partial charge in [0.05, 0.1) is 12.2 Å². The summed E-state index contributed by atoms with van der Waals surface area (Å²) in [6.45, 7) is 3.51. The summed E-state index contributed by atoms with van der Waals surface area (Å²) in [5.74, 6) is 0.426. The van der Waals surface area contributed by atoms with Crippen LogP contribution in [0.1, 0.15) is 35.7 Å². The van der Waals surface area contributed by atoms with Crippen LogP contribution in [0.5, 0.6) is 5.75 Å². The Balaban J connectivity index is 1.51. The van der Waals surface area contributed by atoms with Crippen molar-refractivity contribution in [2.24, 2.45) is 0 Å². The molecule has 1 atom stereocenters. The Kier molecular flexibility index (Phi) is 6.04. The summed E-state index contributed by atoms with van der Waals surface area (Å²) in [7, 11) is 1.82. The van der Waals surface area contributed by atoms with E-state index in [0.29, 0.717) is 37.4 Å². The molecule has 156 valence electrons. The largest absolute Gasteiger partial charge is 0.493 e. The van der Waals surface area contributed by atoms with Crippen molar-refractivity contribution in [3.8, 4) is 5.75 Å². The molecule has 6 heteroatoms. The second-order valence-electron chi connectivity index (χ2n) is 7.54. The smallest absolute Gasteiger partial charge is 0.258 e. The molecule has 2 heterocycles. The van der Waals surface area contributed by atoms with Crippen molar-refractivity contribution in [2.75, 3.05) is 20.2 Å². The number of amides is 2. The highest BCUT2D eigenvalue weighted by atomic mass is 32.1. The second-order valence-corrected chi connectivity index (χ2v) is 8.45. The van der Waals surface area contributed by atoms with Gasteiger partial charge in [-0.15, -0.1) is 11.3 Å². The van der Waals surface area contributed by atoms with E-state index >= 15 is 0 Å². The van der Waals surface area contributed by atoms with E-state index < -0.39 is 6.04 Å². The number of thiophene rings is 1. The molecule has 4 rings (SSSR count). The lowest BCUT2D eigenvalue weighted by Crippen LogP contribution is -2.46. The van der Waals surface area contributed by atoms with Crippen molar-refractivity contribution in [3.63, 3.8) is 0 Å². The summed E-state index contributed by atoms with van der Waals surface area (Å²) in [6, 6.07) is 15.1. The summed E-state index contributed by atoms with van der Waals surface area (Å²) < 4.78 is 6.85. The van der Waals surface area contributed by atoms with E-state index in [1.54, 1.807) is 33.3 Å². The van der Waals surface area contributed by atoms with E-state index in [1.807, 2.05) is 38.2 Å². The third kappa shape index (κ3) is 3.92. The zero-order valence-electron chi connectivity index (χ0n) is 17.3. The number of carbonyl (C=O) groups excluding carboxylic acids is 2. The van der Waals surface area contributed by atoms with Crippen LogP contribution in [0.25, 0.3) is 10.1 Å². The fraction of sp³-hybridized carbons (Fsp3) is 0.333. The first kappa shape index (κ1) is 20.4. The number of nitrogens with zero attached hydrogens (tertiary/aromatic N) is 2. The molecule has 2 aromatic carbocycles. The van der Waals surface area contributed by atoms with Gasteiger partial charge in [0.15, 0.2) is 0 Å². The molecule has 3 aromatic rings. The first-order valence-corrected chi connectivity index (χ1v) is 11.2. The molecule has 1 saturated heterocycles. The number of benzene rings is 2. The standard InChI is InChI=1S/C24H26N2O3S/c1-3-29-21-12-6-4-10-19(21)23(27)26-14-8-11-20(26)24(28)25(2)15-17-16-30-22-13-7-5-9-18(17)22/h4-7,9-10,12-13,16,20H,3,8,11,14-15H2,1-2H3. The van der Waals surface area contributed by atoms with Crippen LogP contribution in [0, 0.1) is 0 Å². The van der Waals surface area contributed by atoms with Gasteiger partial charge in [-0.2, -0.15) is 0 Å². The van der Waals surface area contributed by atoms with Crippen LogP contribution in [0.3, 0.4) is 0 Å². The summed E-state index contributed by atoms with van der Waals surface area (Å²) >= 11 is 1.69. The summed E-state index contributed by atoms with van der Waals surface area (Å²) in [5, 5.41) is 3.30. The highest BCUT2D eigenvalue weighted by molar-refractivity contribution is 7.17. The number of hydrogen-bond acceptors (Lipinski definition) is 4. The molecule has 0 spiro atoms. The third-order valence-electron chi connectivity index (χ3n) is 5.56. The number of fused-ring (bicyclic) bond motifs is 1. The zero-order chi connectivity index (χ0) is 21.1. The molecule has 2 amide bonds. The molecule has 0 aliphatic carbocycles. The molecule has 5 nitrogen and oxygen atoms in total. The quantitative estimate of drug-likeness (QED) is 0.585. The van der Waals surface area contributed by atoms with Crippen molar-refractivity contribution >= 4 is 33.2 Å². The molecular weight excluding hydrogens is 396 g/mol. The fourth-order valence-electron chi connectivity index (χ4n) is 4.09. The number of likely N-dealkylation sites (N-methyl/N-ethyl adjacent to an activating group) is 1. The van der Waals surface area contributed by atoms with E-state index in [2.05, 4.69) is 17.5 Å². The summed E-state index contributed by atoms with van der Waals surface area (Å²) in [5.41, 5.74) is 1.66. The normalized spacial score (nSPS) is 16.1. The van der Waals surface area contributed by atoms with Gasteiger partial charge in [0.1, 0.15) is 11.8 Å². The highest BCUT2D eigenvalue weighted by Gasteiger charge is 2.37. The molecule has 0 radical (unpaired) electrons. The number of para-hydroxylation sites is 1. The predicted octanol–water partition coefficient (Wildman–Crippen LogP) is 4.56. The zero-order valence-corrected chi connectivity index (χ0v) is 18.2. The van der Waals surface area contributed by atoms with Crippen LogP contribution in [0.2, 0.25) is 0 Å². The average Bonchev–Trinajstić information content (AvgIpc) is 3.41. The molecule has 1 aromatic heterocycles. The lowest BCUT2D eigenvalue weighted by Gasteiger charge is -2.28. The number of hydrogen-bond donors (Lipinski definition) is 0. The van der Waals surface area contributed by atoms with Gasteiger partial charge in [-0.05, 0) is 54.3 Å². The average molecular weight is 423 g/mol. The van der Waals surface area contributed by atoms with E-state index in [4.69, 9.17) is 4.74 Å². The first-order chi connectivity index (χ1) is 14.6. The second kappa shape index (κ2) is 8.88. The maximum Gasteiger partial charge on any atom is 0.258 e. The molecule has 0 saturated carbocycles. The van der Waals surface area contributed by atoms with Crippen molar-refractivity contribution in [3.05, 3.63) is 65.0 Å². The lowest BCUT2D eigenvalue weighted by atomic mass is 10.1. The van der Waals surface area contributed by atoms with Gasteiger partial charge in [0, 0.05) is 24.8 Å². The minimum Gasteiger partial charge on any atom is -0.493 e. The number of carbonyl (C=O) groups is 2. The Bertz CT molecular complexity index is 1060. The van der Waals surface area contributed by atoms with Crippen LogP contribution in [-0.2, 0) is 11.3 Å². The molecule has 1 aliphatic heterocycles. The third-order valence-corrected chi connectivity index (χ3v) is 6.57. The maximum absolute atomic E-state index is 13.3. The Labute approximate surface area is 180 Å². The Morgan fingerprint density at radius 3 is 2.77 bits per heavy atom. The first-order valence-electron chi connectivity index (χ1n) is 10.3. The minimum atomic E-state index is -0.429. The van der Waals surface area contributed by atoms with Crippen molar-refractivity contribution in [1.82, 2.24) is 9.80 Å². The SMILES string of the molecule is CCOc1ccccc1C(=O)N1CCCC1C(=O)N(C)Cc1csc2ccccc12. The van der Waals surface area contributed by atoms with E-state index in [0.717, 1.165) is 12.0 Å². The van der Waals surface area contributed by atoms with Crippen LogP contribution < -0.4 is 4.74 Å². The van der Waals surface area contributed by atoms with E-state index in [-0.39, 0.29) is 11.8 Å². The molecule has 1 fully saturated rings. The van der Waals surface area contributed by atoms with Gasteiger partial charge in [0.2, 0.25) is 5.91 Å². The van der Waals surface area contributed by atoms with Gasteiger partial charge >= 0.3 is 0 Å². The van der Waals surface area contributed by atoms with Gasteiger partial charge in [-0.3, -0.25) is 9.59 Å². The predicted molar refractivity (Wildman–Crippen MR) is 120 cm³/mol. The summed E-state index contributed by atoms with van der Waals surface area (Å²) in [6.07, 6.45) is 1.52. The topological polar surface area (TPSA) is 49.9 Å². The molecule has 1 aliphatic rings. The van der Waals surface area contributed by atoms with Crippen molar-refractivity contribution in [1.29, 1.82) is 0 Å². The molecule has 30 heavy (non-hydrogen) atoms. The van der Waals surface area contributed by atoms with Crippen LogP contribution in [0.4, 0.5) is 0 Å². The Hall–Kier alpha value is -2.86. The molecule has 0 bridgehead atoms. The fourth-order valence-corrected chi connectivity index (χ4v) is 5.04. The van der Waals surface area contributed by atoms with Crippen LogP contribution in [0.15, 0.2) is 53.9 Å². The van der Waals surface area contributed by atoms with Gasteiger partial charge in [-0.25, -0.2) is 0 Å². The van der Waals surface area contributed by atoms with Crippen molar-refractivity contribution in [2.45, 2.75) is 32.4 Å². The van der Waals surface area contributed by atoms with E-state index in [9.17, 15) is 9.59 Å². The molecular formula is C24H26N2O3S. The van der Waals surface area contributed by atoms with Crippen LogP contribution in [-0.4, -0.2) is 47.9 Å². The number of rotatable bonds is 6. The minimum absolute atomic E-state index is 0.00924. The van der Waals surface area contributed by atoms with Gasteiger partial charge < -0.3 is 14.5 Å².